The lowest BCUT2D eigenvalue weighted by Crippen LogP contribution is -2.15. The summed E-state index contributed by atoms with van der Waals surface area (Å²) in [5.41, 5.74) is 1.45. The molecule has 4 aromatic rings. The number of furan rings is 1. The van der Waals surface area contributed by atoms with Gasteiger partial charge in [-0.2, -0.15) is 4.68 Å². The van der Waals surface area contributed by atoms with Gasteiger partial charge in [-0.3, -0.25) is 0 Å². The highest BCUT2D eigenvalue weighted by Crippen LogP contribution is 2.25. The van der Waals surface area contributed by atoms with Crippen molar-refractivity contribution in [1.29, 1.82) is 0 Å². The molecule has 2 aromatic heterocycles. The maximum Gasteiger partial charge on any atom is 0.357 e. The van der Waals surface area contributed by atoms with Crippen LogP contribution < -0.4 is 4.74 Å². The molecule has 0 saturated heterocycles. The molecule has 0 spiro atoms. The predicted octanol–water partition coefficient (Wildman–Crippen LogP) is 4.34. The van der Waals surface area contributed by atoms with Crippen LogP contribution in [0.4, 0.5) is 0 Å². The van der Waals surface area contributed by atoms with E-state index in [0.29, 0.717) is 27.9 Å². The molecule has 2 heterocycles. The van der Waals surface area contributed by atoms with E-state index in [1.165, 1.54) is 24.1 Å². The zero-order valence-corrected chi connectivity index (χ0v) is 17.2. The van der Waals surface area contributed by atoms with Crippen molar-refractivity contribution in [1.82, 2.24) is 20.2 Å². The Morgan fingerprint density at radius 1 is 1.16 bits per heavy atom. The van der Waals surface area contributed by atoms with Crippen molar-refractivity contribution in [2.45, 2.75) is 6.61 Å². The van der Waals surface area contributed by atoms with E-state index in [0.717, 1.165) is 5.56 Å². The summed E-state index contributed by atoms with van der Waals surface area (Å²) in [6, 6.07) is 17.8. The number of halogens is 1. The molecule has 156 valence electrons. The Hall–Kier alpha value is -3.91. The number of carbonyl (C=O) groups is 1. The van der Waals surface area contributed by atoms with Gasteiger partial charge >= 0.3 is 5.97 Å². The van der Waals surface area contributed by atoms with Gasteiger partial charge < -0.3 is 13.9 Å². The molecule has 0 fully saturated rings. The Balaban J connectivity index is 1.67. The fraction of sp³-hybridized carbons (Fsp3) is 0.0909. The van der Waals surface area contributed by atoms with Crippen LogP contribution in [-0.2, 0) is 16.1 Å². The van der Waals surface area contributed by atoms with E-state index in [9.17, 15) is 4.79 Å². The highest BCUT2D eigenvalue weighted by molar-refractivity contribution is 6.30. The lowest BCUT2D eigenvalue weighted by Gasteiger charge is -2.12. The van der Waals surface area contributed by atoms with Crippen LogP contribution in [0.2, 0.25) is 5.02 Å². The average molecular weight is 437 g/mol. The first kappa shape index (κ1) is 20.4. The summed E-state index contributed by atoms with van der Waals surface area (Å²) in [7, 11) is 1.53. The second kappa shape index (κ2) is 9.27. The summed E-state index contributed by atoms with van der Waals surface area (Å²) in [5, 5.41) is 12.3. The lowest BCUT2D eigenvalue weighted by atomic mass is 10.2. The van der Waals surface area contributed by atoms with Crippen LogP contribution >= 0.6 is 11.6 Å². The Labute approximate surface area is 182 Å². The van der Waals surface area contributed by atoms with Crippen LogP contribution in [0.3, 0.4) is 0 Å². The maximum atomic E-state index is 13.1. The molecule has 0 aliphatic rings. The molecular weight excluding hydrogens is 420 g/mol. The Morgan fingerprint density at radius 3 is 2.74 bits per heavy atom. The molecule has 8 nitrogen and oxygen atoms in total. The van der Waals surface area contributed by atoms with Crippen LogP contribution in [-0.4, -0.2) is 33.3 Å². The molecule has 4 rings (SSSR count). The quantitative estimate of drug-likeness (QED) is 0.314. The van der Waals surface area contributed by atoms with Crippen LogP contribution in [0.5, 0.6) is 5.75 Å². The smallest absolute Gasteiger partial charge is 0.357 e. The summed E-state index contributed by atoms with van der Waals surface area (Å²) in [4.78, 5) is 13.1. The van der Waals surface area contributed by atoms with Crippen molar-refractivity contribution >= 4 is 29.3 Å². The van der Waals surface area contributed by atoms with Crippen molar-refractivity contribution in [3.63, 3.8) is 0 Å². The second-order valence-electron chi connectivity index (χ2n) is 6.36. The van der Waals surface area contributed by atoms with Crippen molar-refractivity contribution in [3.05, 3.63) is 83.3 Å². The van der Waals surface area contributed by atoms with Crippen molar-refractivity contribution in [2.75, 3.05) is 7.11 Å². The number of hydrogen-bond acceptors (Lipinski definition) is 7. The summed E-state index contributed by atoms with van der Waals surface area (Å²) in [6.45, 7) is -0.0547. The molecule has 0 N–H and O–H groups in total. The minimum atomic E-state index is -0.650. The minimum Gasteiger partial charge on any atom is -0.496 e. The van der Waals surface area contributed by atoms with E-state index in [1.807, 2.05) is 30.3 Å². The van der Waals surface area contributed by atoms with Crippen LogP contribution in [0.15, 0.2) is 71.3 Å². The minimum absolute atomic E-state index is 0.0547. The lowest BCUT2D eigenvalue weighted by molar-refractivity contribution is -0.138. The first-order chi connectivity index (χ1) is 15.2. The van der Waals surface area contributed by atoms with E-state index in [1.54, 1.807) is 30.3 Å². The molecule has 0 aliphatic heterocycles. The molecule has 0 radical (unpaired) electrons. The number of rotatable bonds is 7. The SMILES string of the molecule is COc1ccc(Cl)cc1COC(=O)/C(=C/c1ccco1)n1nnnc1-c1ccccc1. The van der Waals surface area contributed by atoms with Gasteiger partial charge in [0.2, 0.25) is 0 Å². The zero-order chi connectivity index (χ0) is 21.6. The molecular formula is C22H17ClN4O4. The molecule has 0 unspecified atom stereocenters. The van der Waals surface area contributed by atoms with Crippen LogP contribution in [0.25, 0.3) is 23.2 Å². The number of nitrogens with zero attached hydrogens (tertiary/aromatic N) is 4. The van der Waals surface area contributed by atoms with Crippen molar-refractivity contribution < 1.29 is 18.7 Å². The van der Waals surface area contributed by atoms with Crippen molar-refractivity contribution in [2.24, 2.45) is 0 Å². The second-order valence-corrected chi connectivity index (χ2v) is 6.79. The number of benzene rings is 2. The van der Waals surface area contributed by atoms with Crippen LogP contribution in [0, 0.1) is 0 Å². The summed E-state index contributed by atoms with van der Waals surface area (Å²) in [5.74, 6) is 0.738. The Morgan fingerprint density at radius 2 is 2.00 bits per heavy atom. The number of esters is 1. The summed E-state index contributed by atoms with van der Waals surface area (Å²) >= 11 is 6.07. The molecule has 2 aromatic carbocycles. The first-order valence-electron chi connectivity index (χ1n) is 9.24. The molecule has 0 bridgehead atoms. The molecule has 0 saturated carbocycles. The van der Waals surface area contributed by atoms with E-state index in [4.69, 9.17) is 25.5 Å². The van der Waals surface area contributed by atoms with Gasteiger partial charge in [-0.25, -0.2) is 4.79 Å². The van der Waals surface area contributed by atoms with Crippen LogP contribution in [0.1, 0.15) is 11.3 Å². The molecule has 0 atom stereocenters. The molecule has 0 aliphatic carbocycles. The number of carbonyl (C=O) groups excluding carboxylic acids is 1. The normalized spacial score (nSPS) is 11.4. The van der Waals surface area contributed by atoms with E-state index in [-0.39, 0.29) is 12.3 Å². The Bertz CT molecular complexity index is 1200. The summed E-state index contributed by atoms with van der Waals surface area (Å²) in [6.07, 6.45) is 3.02. The molecule has 9 heteroatoms. The topological polar surface area (TPSA) is 92.3 Å². The number of methoxy groups -OCH3 is 1. The number of hydrogen-bond donors (Lipinski definition) is 0. The van der Waals surface area contributed by atoms with Gasteiger partial charge in [-0.05, 0) is 40.8 Å². The third-order valence-electron chi connectivity index (χ3n) is 4.36. The number of tetrazole rings is 1. The molecule has 31 heavy (non-hydrogen) atoms. The third-order valence-corrected chi connectivity index (χ3v) is 4.60. The largest absolute Gasteiger partial charge is 0.496 e. The molecule has 0 amide bonds. The van der Waals surface area contributed by atoms with E-state index in [2.05, 4.69) is 15.5 Å². The first-order valence-corrected chi connectivity index (χ1v) is 9.62. The van der Waals surface area contributed by atoms with Gasteiger partial charge in [-0.1, -0.05) is 41.9 Å². The van der Waals surface area contributed by atoms with Gasteiger partial charge in [0.1, 0.15) is 18.1 Å². The highest BCUT2D eigenvalue weighted by atomic mass is 35.5. The van der Waals surface area contributed by atoms with E-state index >= 15 is 0 Å². The predicted molar refractivity (Wildman–Crippen MR) is 114 cm³/mol. The maximum absolute atomic E-state index is 13.1. The zero-order valence-electron chi connectivity index (χ0n) is 16.4. The third kappa shape index (κ3) is 4.65. The van der Waals surface area contributed by atoms with E-state index < -0.39 is 5.97 Å². The van der Waals surface area contributed by atoms with Crippen molar-refractivity contribution in [3.8, 4) is 17.1 Å². The fourth-order valence-electron chi connectivity index (χ4n) is 2.91. The monoisotopic (exact) mass is 436 g/mol. The van der Waals surface area contributed by atoms with Gasteiger partial charge in [0, 0.05) is 22.2 Å². The van der Waals surface area contributed by atoms with Gasteiger partial charge in [-0.15, -0.1) is 5.10 Å². The fourth-order valence-corrected chi connectivity index (χ4v) is 3.10. The van der Waals surface area contributed by atoms with Gasteiger partial charge in [0.05, 0.1) is 13.4 Å². The highest BCUT2D eigenvalue weighted by Gasteiger charge is 2.21. The number of ether oxygens (including phenoxy) is 2. The summed E-state index contributed by atoms with van der Waals surface area (Å²) < 4.78 is 17.5. The average Bonchev–Trinajstić information content (AvgIpc) is 3.48. The number of aromatic nitrogens is 4. The van der Waals surface area contributed by atoms with Gasteiger partial charge in [0.15, 0.2) is 11.5 Å². The van der Waals surface area contributed by atoms with Gasteiger partial charge in [0.25, 0.3) is 0 Å². The standard InChI is InChI=1S/C22H17ClN4O4/c1-29-20-10-9-17(23)12-16(20)14-31-22(28)19(13-18-8-5-11-30-18)27-21(24-25-26-27)15-6-3-2-4-7-15/h2-13H,14H2,1H3/b19-13-. The Kier molecular flexibility index (Phi) is 6.09.